The molecule has 12 nitrogen and oxygen atoms in total. The van der Waals surface area contributed by atoms with Gasteiger partial charge in [-0.1, -0.05) is 51.1 Å². The quantitative estimate of drug-likeness (QED) is 0.115. The second-order valence-corrected chi connectivity index (χ2v) is 14.8. The number of piperidine rings is 1. The predicted molar refractivity (Wildman–Crippen MR) is 197 cm³/mol. The zero-order chi connectivity index (χ0) is 35.6. The van der Waals surface area contributed by atoms with E-state index in [9.17, 15) is 4.79 Å². The summed E-state index contributed by atoms with van der Waals surface area (Å²) in [4.78, 5) is 20.7. The van der Waals surface area contributed by atoms with Crippen LogP contribution in [-0.4, -0.2) is 56.9 Å². The van der Waals surface area contributed by atoms with Crippen molar-refractivity contribution in [2.45, 2.75) is 83.4 Å². The van der Waals surface area contributed by atoms with Gasteiger partial charge in [0.15, 0.2) is 5.65 Å². The Morgan fingerprint density at radius 1 is 1.04 bits per heavy atom. The first kappa shape index (κ1) is 34.4. The number of anilines is 1. The number of carbonyl (C=O) groups is 1. The molecule has 1 spiro atoms. The van der Waals surface area contributed by atoms with Crippen LogP contribution in [0.4, 0.5) is 16.4 Å². The van der Waals surface area contributed by atoms with E-state index in [-0.39, 0.29) is 36.3 Å². The fourth-order valence-electron chi connectivity index (χ4n) is 7.09. The number of aliphatic hydroxyl groups excluding tert-OH is 1. The highest BCUT2D eigenvalue weighted by Crippen LogP contribution is 2.50. The zero-order valence-electron chi connectivity index (χ0n) is 29.6. The minimum atomic E-state index is -0.393. The molecule has 0 unspecified atom stereocenters. The van der Waals surface area contributed by atoms with Gasteiger partial charge in [0.25, 0.3) is 0 Å². The number of hydrogen-bond donors (Lipinski definition) is 4. The molecule has 7 rings (SSSR count). The normalized spacial score (nSPS) is 20.2. The van der Waals surface area contributed by atoms with Crippen LogP contribution in [0.3, 0.4) is 0 Å². The molecule has 2 aromatic heterocycles. The maximum Gasteiger partial charge on any atom is 0.320 e. The van der Waals surface area contributed by atoms with Crippen molar-refractivity contribution in [1.29, 1.82) is 0 Å². The number of fused-ring (bicyclic) bond motifs is 2. The van der Waals surface area contributed by atoms with Crippen LogP contribution in [-0.2, 0) is 0 Å². The summed E-state index contributed by atoms with van der Waals surface area (Å²) in [5.74, 6) is 2.51. The molecular weight excluding hydrogens is 644 g/mol. The van der Waals surface area contributed by atoms with E-state index >= 15 is 0 Å². The van der Waals surface area contributed by atoms with E-state index in [0.29, 0.717) is 35.8 Å². The molecule has 1 saturated heterocycles. The third-order valence-electron chi connectivity index (χ3n) is 10.1. The van der Waals surface area contributed by atoms with Gasteiger partial charge in [-0.3, -0.25) is 9.72 Å². The standard InChI is InChI=1S/C39H48N8O4/c1-38(2,3)33(40)24-34(41-26-9-8-10-27(23-26)50-22-21-48)43-36(49)42-31-14-15-32(30-12-5-4-11-29(30)31)51-28-13-16-35-44-45-37(46(35)25-28)47-20-7-6-17-39(47)18-19-39/h4-5,8-13,16,23-25,31-32,48H,6-7,14-15,17-22,40H2,1-3H3,(H2,41,42,43,49)/t31-,32+/m0/s1. The van der Waals surface area contributed by atoms with E-state index in [1.54, 1.807) is 24.3 Å². The van der Waals surface area contributed by atoms with E-state index in [0.717, 1.165) is 35.0 Å². The maximum atomic E-state index is 13.6. The minimum absolute atomic E-state index is 0.0955. The molecule has 3 aliphatic rings. The highest BCUT2D eigenvalue weighted by molar-refractivity contribution is 6.05. The number of allylic oxidation sites excluding steroid dienone is 1. The molecule has 5 N–H and O–H groups in total. The number of aliphatic imine (C=N–C) groups is 1. The Balaban J connectivity index is 1.08. The predicted octanol–water partition coefficient (Wildman–Crippen LogP) is 6.50. The number of ether oxygens (including phenoxy) is 2. The fraction of sp³-hybridized carbons (Fsp3) is 0.436. The van der Waals surface area contributed by atoms with Crippen molar-refractivity contribution >= 4 is 29.1 Å². The lowest BCUT2D eigenvalue weighted by atomic mass is 9.85. The van der Waals surface area contributed by atoms with E-state index in [4.69, 9.17) is 25.3 Å². The average Bonchev–Trinajstić information content (AvgIpc) is 3.75. The van der Waals surface area contributed by atoms with Gasteiger partial charge in [0.05, 0.1) is 24.5 Å². The minimum Gasteiger partial charge on any atom is -0.491 e. The van der Waals surface area contributed by atoms with Gasteiger partial charge in [-0.05, 0) is 80.3 Å². The number of aromatic nitrogens is 3. The van der Waals surface area contributed by atoms with Crippen LogP contribution in [0.25, 0.3) is 5.65 Å². The van der Waals surface area contributed by atoms with Crippen LogP contribution in [0.1, 0.15) is 89.0 Å². The molecule has 0 bridgehead atoms. The molecule has 3 heterocycles. The SMILES string of the molecule is CC(C)(C)C(N)=CC(=Nc1cccc(OCCO)c1)NC(=O)N[C@H]1CC[C@@H](Oc2ccc3nnc(N4CCCCC45CC5)n3c2)c2ccccc21. The monoisotopic (exact) mass is 692 g/mol. The van der Waals surface area contributed by atoms with Crippen molar-refractivity contribution in [1.82, 2.24) is 25.2 Å². The van der Waals surface area contributed by atoms with Crippen LogP contribution in [0.2, 0.25) is 0 Å². The van der Waals surface area contributed by atoms with Crippen LogP contribution >= 0.6 is 0 Å². The first-order valence-corrected chi connectivity index (χ1v) is 18.0. The van der Waals surface area contributed by atoms with Crippen molar-refractivity contribution in [2.24, 2.45) is 16.1 Å². The molecule has 0 radical (unpaired) electrons. The molecule has 1 aliphatic heterocycles. The van der Waals surface area contributed by atoms with Gasteiger partial charge in [-0.2, -0.15) is 0 Å². The first-order valence-electron chi connectivity index (χ1n) is 18.0. The third-order valence-corrected chi connectivity index (χ3v) is 10.1. The number of carbonyl (C=O) groups excluding carboxylic acids is 1. The van der Waals surface area contributed by atoms with Crippen molar-refractivity contribution in [3.63, 3.8) is 0 Å². The second-order valence-electron chi connectivity index (χ2n) is 14.8. The van der Waals surface area contributed by atoms with E-state index in [2.05, 4.69) is 36.2 Å². The Bertz CT molecular complexity index is 1940. The lowest BCUT2D eigenvalue weighted by molar-refractivity contribution is 0.171. The number of nitrogens with one attached hydrogen (secondary N) is 2. The lowest BCUT2D eigenvalue weighted by Gasteiger charge is -2.36. The van der Waals surface area contributed by atoms with Gasteiger partial charge in [-0.15, -0.1) is 10.2 Å². The molecular formula is C39H48N8O4. The summed E-state index contributed by atoms with van der Waals surface area (Å²) in [6, 6.07) is 18.6. The summed E-state index contributed by atoms with van der Waals surface area (Å²) in [7, 11) is 0. The summed E-state index contributed by atoms with van der Waals surface area (Å²) in [5, 5.41) is 24.3. The Morgan fingerprint density at radius 2 is 1.86 bits per heavy atom. The van der Waals surface area contributed by atoms with Gasteiger partial charge < -0.3 is 30.5 Å². The van der Waals surface area contributed by atoms with Gasteiger partial charge in [-0.25, -0.2) is 9.79 Å². The smallest absolute Gasteiger partial charge is 0.320 e. The maximum absolute atomic E-state index is 13.6. The van der Waals surface area contributed by atoms with E-state index in [1.165, 1.54) is 32.1 Å². The largest absolute Gasteiger partial charge is 0.491 e. The fourth-order valence-corrected chi connectivity index (χ4v) is 7.09. The summed E-state index contributed by atoms with van der Waals surface area (Å²) in [5.41, 5.74) is 10.3. The Hall–Kier alpha value is -5.10. The Morgan fingerprint density at radius 3 is 2.65 bits per heavy atom. The highest BCUT2D eigenvalue weighted by atomic mass is 16.5. The van der Waals surface area contributed by atoms with Crippen LogP contribution in [0.5, 0.6) is 11.5 Å². The highest BCUT2D eigenvalue weighted by Gasteiger charge is 2.50. The van der Waals surface area contributed by atoms with Crippen molar-refractivity contribution in [3.05, 3.63) is 89.8 Å². The van der Waals surface area contributed by atoms with Gasteiger partial charge >= 0.3 is 6.03 Å². The van der Waals surface area contributed by atoms with Crippen molar-refractivity contribution in [2.75, 3.05) is 24.7 Å². The zero-order valence-corrected chi connectivity index (χ0v) is 29.6. The van der Waals surface area contributed by atoms with Crippen LogP contribution in [0, 0.1) is 5.41 Å². The Kier molecular flexibility index (Phi) is 9.61. The first-order chi connectivity index (χ1) is 24.6. The summed E-state index contributed by atoms with van der Waals surface area (Å²) < 4.78 is 14.3. The van der Waals surface area contributed by atoms with E-state index < -0.39 is 6.03 Å². The second kappa shape index (κ2) is 14.3. The molecule has 2 aliphatic carbocycles. The summed E-state index contributed by atoms with van der Waals surface area (Å²) in [6.07, 6.45) is 11.0. The van der Waals surface area contributed by atoms with Gasteiger partial charge in [0.1, 0.15) is 30.0 Å². The van der Waals surface area contributed by atoms with E-state index in [1.807, 2.05) is 63.4 Å². The number of nitrogens with zero attached hydrogens (tertiary/aromatic N) is 5. The average molecular weight is 693 g/mol. The molecule has 1 saturated carbocycles. The number of amides is 2. The molecule has 51 heavy (non-hydrogen) atoms. The Labute approximate surface area is 298 Å². The van der Waals surface area contributed by atoms with Crippen LogP contribution < -0.4 is 30.7 Å². The molecule has 268 valence electrons. The molecule has 2 fully saturated rings. The number of hydrogen-bond acceptors (Lipinski definition) is 9. The molecule has 2 atom stereocenters. The van der Waals surface area contributed by atoms with Gasteiger partial charge in [0, 0.05) is 35.3 Å². The summed E-state index contributed by atoms with van der Waals surface area (Å²) >= 11 is 0. The number of nitrogens with two attached hydrogens (primary N) is 1. The topological polar surface area (TPSA) is 152 Å². The molecule has 12 heteroatoms. The number of rotatable bonds is 9. The third kappa shape index (κ3) is 7.65. The number of benzene rings is 2. The lowest BCUT2D eigenvalue weighted by Crippen LogP contribution is -2.42. The number of urea groups is 1. The number of pyridine rings is 1. The summed E-state index contributed by atoms with van der Waals surface area (Å²) in [6.45, 7) is 7.08. The molecule has 4 aromatic rings. The van der Waals surface area contributed by atoms with Crippen molar-refractivity contribution < 1.29 is 19.4 Å². The number of amidine groups is 1. The molecule has 2 amide bonds. The molecule has 2 aromatic carbocycles. The van der Waals surface area contributed by atoms with Crippen LogP contribution in [0.15, 0.2) is 83.6 Å². The van der Waals surface area contributed by atoms with Gasteiger partial charge in [0.2, 0.25) is 5.95 Å². The number of aliphatic hydroxyl groups is 1. The van der Waals surface area contributed by atoms with Crippen molar-refractivity contribution in [3.8, 4) is 11.5 Å².